The Morgan fingerprint density at radius 1 is 0.686 bits per heavy atom. The van der Waals surface area contributed by atoms with E-state index in [2.05, 4.69) is 31.3 Å². The number of hydrogen-bond acceptors (Lipinski definition) is 6. The van der Waals surface area contributed by atoms with Gasteiger partial charge in [-0.05, 0) is 66.7 Å². The normalized spacial score (nSPS) is 14.4. The molecule has 0 spiro atoms. The molecule has 8 nitrogen and oxygen atoms in total. The summed E-state index contributed by atoms with van der Waals surface area (Å²) in [7, 11) is 0. The number of carbonyl (C=O) groups is 2. The number of anilines is 2. The van der Waals surface area contributed by atoms with E-state index in [-0.39, 0.29) is 22.9 Å². The second kappa shape index (κ2) is 9.99. The number of aliphatic imine (C=N–C) groups is 2. The standard InChI is InChI=1S/C26H23ClN6O2/c27-20-14-18(25(34)32-21-5-1-16(2-6-21)23-28-9-10-29-23)13-19(15-20)26(35)33-22-7-3-17(4-8-22)24-30-11-12-31-24/h1-8,13-15H,9-12H2,(H,28,29)(H,30,31)(H,32,34)(H,33,35). The number of nitrogens with one attached hydrogen (secondary N) is 4. The molecule has 2 amide bonds. The maximum atomic E-state index is 12.8. The highest BCUT2D eigenvalue weighted by Crippen LogP contribution is 2.20. The fraction of sp³-hybridized carbons (Fsp3) is 0.154. The first kappa shape index (κ1) is 22.6. The van der Waals surface area contributed by atoms with Crippen molar-refractivity contribution in [1.29, 1.82) is 0 Å². The van der Waals surface area contributed by atoms with Crippen molar-refractivity contribution in [3.8, 4) is 0 Å². The van der Waals surface area contributed by atoms with Gasteiger partial charge < -0.3 is 21.3 Å². The van der Waals surface area contributed by atoms with Crippen LogP contribution in [0, 0.1) is 0 Å². The van der Waals surface area contributed by atoms with Crippen molar-refractivity contribution in [3.05, 3.63) is 94.0 Å². The molecule has 9 heteroatoms. The van der Waals surface area contributed by atoms with Crippen molar-refractivity contribution in [2.45, 2.75) is 0 Å². The predicted molar refractivity (Wildman–Crippen MR) is 139 cm³/mol. The molecule has 0 saturated heterocycles. The van der Waals surface area contributed by atoms with Gasteiger partial charge in [0, 0.05) is 51.7 Å². The summed E-state index contributed by atoms with van der Waals surface area (Å²) in [5.74, 6) is 0.985. The van der Waals surface area contributed by atoms with Gasteiger partial charge >= 0.3 is 0 Å². The number of amides is 2. The maximum absolute atomic E-state index is 12.8. The van der Waals surface area contributed by atoms with E-state index in [4.69, 9.17) is 11.6 Å². The Morgan fingerprint density at radius 2 is 1.11 bits per heavy atom. The summed E-state index contributed by atoms with van der Waals surface area (Å²) in [4.78, 5) is 34.5. The number of hydrogen-bond donors (Lipinski definition) is 4. The van der Waals surface area contributed by atoms with Crippen molar-refractivity contribution in [3.63, 3.8) is 0 Å². The average Bonchev–Trinajstić information content (AvgIpc) is 3.60. The third kappa shape index (κ3) is 5.33. The lowest BCUT2D eigenvalue weighted by Gasteiger charge is -2.10. The van der Waals surface area contributed by atoms with Crippen LogP contribution in [0.25, 0.3) is 0 Å². The van der Waals surface area contributed by atoms with E-state index in [0.717, 1.165) is 49.0 Å². The van der Waals surface area contributed by atoms with Crippen LogP contribution in [0.1, 0.15) is 31.8 Å². The number of nitrogens with zero attached hydrogens (tertiary/aromatic N) is 2. The molecule has 3 aromatic carbocycles. The molecule has 0 unspecified atom stereocenters. The lowest BCUT2D eigenvalue weighted by molar-refractivity contribution is 0.102. The minimum absolute atomic E-state index is 0.286. The predicted octanol–water partition coefficient (Wildman–Crippen LogP) is 3.54. The van der Waals surface area contributed by atoms with Crippen LogP contribution in [0.4, 0.5) is 11.4 Å². The Balaban J connectivity index is 1.26. The summed E-state index contributed by atoms with van der Waals surface area (Å²) in [5, 5.41) is 12.4. The SMILES string of the molecule is O=C(Nc1ccc(C2=NCCN2)cc1)c1cc(Cl)cc(C(=O)Nc2ccc(C3=NCCN3)cc2)c1. The fourth-order valence-corrected chi connectivity index (χ4v) is 4.10. The van der Waals surface area contributed by atoms with Crippen molar-refractivity contribution in [2.24, 2.45) is 9.98 Å². The van der Waals surface area contributed by atoms with Crippen LogP contribution >= 0.6 is 11.6 Å². The number of amidine groups is 2. The first-order chi connectivity index (χ1) is 17.0. The van der Waals surface area contributed by atoms with Crippen LogP contribution in [0.15, 0.2) is 76.7 Å². The molecule has 0 aromatic heterocycles. The van der Waals surface area contributed by atoms with Crippen molar-refractivity contribution >= 4 is 46.5 Å². The third-order valence-electron chi connectivity index (χ3n) is 5.60. The van der Waals surface area contributed by atoms with Gasteiger partial charge in [0.25, 0.3) is 11.8 Å². The van der Waals surface area contributed by atoms with E-state index in [9.17, 15) is 9.59 Å². The highest BCUT2D eigenvalue weighted by molar-refractivity contribution is 6.31. The first-order valence-electron chi connectivity index (χ1n) is 11.3. The van der Waals surface area contributed by atoms with Crippen LogP contribution in [0.3, 0.4) is 0 Å². The maximum Gasteiger partial charge on any atom is 0.255 e. The average molecular weight is 487 g/mol. The lowest BCUT2D eigenvalue weighted by atomic mass is 10.1. The van der Waals surface area contributed by atoms with Crippen molar-refractivity contribution < 1.29 is 9.59 Å². The molecule has 0 radical (unpaired) electrons. The molecule has 3 aromatic rings. The summed E-state index contributed by atoms with van der Waals surface area (Å²) in [5.41, 5.74) is 3.75. The largest absolute Gasteiger partial charge is 0.368 e. The van der Waals surface area contributed by atoms with Gasteiger partial charge in [-0.1, -0.05) is 11.6 Å². The molecule has 5 rings (SSSR count). The van der Waals surface area contributed by atoms with Gasteiger partial charge in [-0.3, -0.25) is 19.6 Å². The molecule has 0 saturated carbocycles. The zero-order chi connectivity index (χ0) is 24.2. The number of rotatable bonds is 6. The molecule has 0 atom stereocenters. The molecule has 4 N–H and O–H groups in total. The summed E-state index contributed by atoms with van der Waals surface area (Å²) in [6.07, 6.45) is 0. The number of halogens is 1. The van der Waals surface area contributed by atoms with Crippen LogP contribution in [0.5, 0.6) is 0 Å². The summed E-state index contributed by atoms with van der Waals surface area (Å²) in [6, 6.07) is 19.4. The molecule has 176 valence electrons. The summed E-state index contributed by atoms with van der Waals surface area (Å²) < 4.78 is 0. The molecule has 2 heterocycles. The molecule has 2 aliphatic rings. The topological polar surface area (TPSA) is 107 Å². The second-order valence-electron chi connectivity index (χ2n) is 8.11. The third-order valence-corrected chi connectivity index (χ3v) is 5.82. The second-order valence-corrected chi connectivity index (χ2v) is 8.54. The van der Waals surface area contributed by atoms with Crippen LogP contribution in [0.2, 0.25) is 5.02 Å². The van der Waals surface area contributed by atoms with E-state index < -0.39 is 0 Å². The van der Waals surface area contributed by atoms with Gasteiger partial charge in [0.2, 0.25) is 0 Å². The van der Waals surface area contributed by atoms with Crippen LogP contribution in [-0.4, -0.2) is 49.7 Å². The summed E-state index contributed by atoms with van der Waals surface area (Å²) >= 11 is 6.23. The molecular formula is C26H23ClN6O2. The Labute approximate surface area is 207 Å². The van der Waals surface area contributed by atoms with E-state index >= 15 is 0 Å². The van der Waals surface area contributed by atoms with Gasteiger partial charge in [0.15, 0.2) is 0 Å². The van der Waals surface area contributed by atoms with Crippen LogP contribution < -0.4 is 21.3 Å². The zero-order valence-corrected chi connectivity index (χ0v) is 19.5. The van der Waals surface area contributed by atoms with Gasteiger partial charge in [0.05, 0.1) is 13.1 Å². The Bertz CT molecular complexity index is 1230. The lowest BCUT2D eigenvalue weighted by Crippen LogP contribution is -2.19. The summed E-state index contributed by atoms with van der Waals surface area (Å²) in [6.45, 7) is 3.18. The Hall–Kier alpha value is -4.17. The van der Waals surface area contributed by atoms with Crippen molar-refractivity contribution in [1.82, 2.24) is 10.6 Å². The smallest absolute Gasteiger partial charge is 0.255 e. The fourth-order valence-electron chi connectivity index (χ4n) is 3.86. The molecule has 35 heavy (non-hydrogen) atoms. The molecule has 0 fully saturated rings. The van der Waals surface area contributed by atoms with Gasteiger partial charge in [-0.2, -0.15) is 0 Å². The Kier molecular flexibility index (Phi) is 6.45. The van der Waals surface area contributed by atoms with E-state index in [1.165, 1.54) is 18.2 Å². The molecule has 2 aliphatic heterocycles. The highest BCUT2D eigenvalue weighted by Gasteiger charge is 2.15. The van der Waals surface area contributed by atoms with Crippen molar-refractivity contribution in [2.75, 3.05) is 36.8 Å². The van der Waals surface area contributed by atoms with E-state index in [0.29, 0.717) is 16.4 Å². The first-order valence-corrected chi connectivity index (χ1v) is 11.6. The molecule has 0 aliphatic carbocycles. The minimum atomic E-state index is -0.361. The number of benzene rings is 3. The van der Waals surface area contributed by atoms with Gasteiger partial charge in [-0.25, -0.2) is 0 Å². The van der Waals surface area contributed by atoms with Crippen LogP contribution in [-0.2, 0) is 0 Å². The van der Waals surface area contributed by atoms with E-state index in [1.807, 2.05) is 48.5 Å². The minimum Gasteiger partial charge on any atom is -0.368 e. The van der Waals surface area contributed by atoms with E-state index in [1.54, 1.807) is 0 Å². The Morgan fingerprint density at radius 3 is 1.49 bits per heavy atom. The zero-order valence-electron chi connectivity index (χ0n) is 18.8. The number of carbonyl (C=O) groups excluding carboxylic acids is 2. The van der Waals surface area contributed by atoms with Gasteiger partial charge in [0.1, 0.15) is 11.7 Å². The molecular weight excluding hydrogens is 464 g/mol. The highest BCUT2D eigenvalue weighted by atomic mass is 35.5. The van der Waals surface area contributed by atoms with Gasteiger partial charge in [-0.15, -0.1) is 0 Å². The monoisotopic (exact) mass is 486 g/mol. The quantitative estimate of drug-likeness (QED) is 0.427. The molecule has 0 bridgehead atoms.